The molecule has 0 spiro atoms. The van der Waals surface area contributed by atoms with Crippen LogP contribution in [0.3, 0.4) is 0 Å². The Morgan fingerprint density at radius 3 is 3.00 bits per heavy atom. The zero-order valence-electron chi connectivity index (χ0n) is 8.56. The van der Waals surface area contributed by atoms with Crippen molar-refractivity contribution in [1.29, 1.82) is 0 Å². The van der Waals surface area contributed by atoms with Crippen LogP contribution in [0.1, 0.15) is 12.0 Å². The molecule has 82 valence electrons. The number of aromatic nitrogens is 1. The number of halogens is 1. The second-order valence-corrected chi connectivity index (χ2v) is 4.45. The van der Waals surface area contributed by atoms with E-state index in [1.165, 1.54) is 5.56 Å². The Morgan fingerprint density at radius 2 is 2.40 bits per heavy atom. The van der Waals surface area contributed by atoms with Gasteiger partial charge in [0.05, 0.1) is 0 Å². The maximum Gasteiger partial charge on any atom is 0.129 e. The van der Waals surface area contributed by atoms with Crippen LogP contribution in [0.2, 0.25) is 5.15 Å². The van der Waals surface area contributed by atoms with Crippen LogP contribution in [0, 0.1) is 5.92 Å². The van der Waals surface area contributed by atoms with Crippen LogP contribution in [-0.4, -0.2) is 34.7 Å². The van der Waals surface area contributed by atoms with Crippen molar-refractivity contribution >= 4 is 11.6 Å². The molecule has 1 atom stereocenters. The topological polar surface area (TPSA) is 36.4 Å². The van der Waals surface area contributed by atoms with Crippen molar-refractivity contribution in [1.82, 2.24) is 9.88 Å². The molecule has 2 heterocycles. The van der Waals surface area contributed by atoms with Crippen LogP contribution in [-0.2, 0) is 6.54 Å². The van der Waals surface area contributed by atoms with Crippen molar-refractivity contribution in [3.8, 4) is 0 Å². The highest BCUT2D eigenvalue weighted by Gasteiger charge is 2.21. The molecule has 1 saturated heterocycles. The summed E-state index contributed by atoms with van der Waals surface area (Å²) in [6.07, 6.45) is 2.91. The lowest BCUT2D eigenvalue weighted by molar-refractivity contribution is 0.220. The molecule has 0 bridgehead atoms. The van der Waals surface area contributed by atoms with Gasteiger partial charge in [-0.1, -0.05) is 17.7 Å². The van der Waals surface area contributed by atoms with E-state index >= 15 is 0 Å². The van der Waals surface area contributed by atoms with Crippen molar-refractivity contribution in [3.05, 3.63) is 29.0 Å². The van der Waals surface area contributed by atoms with Gasteiger partial charge in [0, 0.05) is 25.9 Å². The normalized spacial score (nSPS) is 22.1. The highest BCUT2D eigenvalue weighted by molar-refractivity contribution is 6.29. The zero-order valence-corrected chi connectivity index (χ0v) is 9.32. The fraction of sp³-hybridized carbons (Fsp3) is 0.545. The number of hydrogen-bond donors (Lipinski definition) is 1. The number of aliphatic hydroxyl groups is 1. The van der Waals surface area contributed by atoms with E-state index in [-0.39, 0.29) is 0 Å². The van der Waals surface area contributed by atoms with Crippen molar-refractivity contribution in [2.24, 2.45) is 5.92 Å². The molecular weight excluding hydrogens is 212 g/mol. The Morgan fingerprint density at radius 1 is 1.53 bits per heavy atom. The molecule has 1 fully saturated rings. The van der Waals surface area contributed by atoms with Crippen LogP contribution in [0.15, 0.2) is 18.3 Å². The smallest absolute Gasteiger partial charge is 0.129 e. The summed E-state index contributed by atoms with van der Waals surface area (Å²) in [5, 5.41) is 9.57. The summed E-state index contributed by atoms with van der Waals surface area (Å²) >= 11 is 5.72. The molecule has 0 aromatic carbocycles. The highest BCUT2D eigenvalue weighted by Crippen LogP contribution is 2.18. The van der Waals surface area contributed by atoms with Crippen molar-refractivity contribution in [2.75, 3.05) is 19.7 Å². The Bertz CT molecular complexity index is 315. The maximum absolute atomic E-state index is 9.03. The van der Waals surface area contributed by atoms with Gasteiger partial charge < -0.3 is 5.11 Å². The average molecular weight is 227 g/mol. The third kappa shape index (κ3) is 2.91. The molecule has 1 N–H and O–H groups in total. The van der Waals surface area contributed by atoms with Crippen molar-refractivity contribution in [2.45, 2.75) is 13.0 Å². The van der Waals surface area contributed by atoms with Gasteiger partial charge in [0.15, 0.2) is 0 Å². The highest BCUT2D eigenvalue weighted by atomic mass is 35.5. The standard InChI is InChI=1S/C11H15ClN2O/c12-11-2-1-9(5-13-11)6-14-4-3-10(7-14)8-15/h1-2,5,10,15H,3-4,6-8H2/t10-/m0/s1. The third-order valence-electron chi connectivity index (χ3n) is 2.82. The van der Waals surface area contributed by atoms with Crippen molar-refractivity contribution < 1.29 is 5.11 Å². The van der Waals surface area contributed by atoms with E-state index in [0.29, 0.717) is 17.7 Å². The summed E-state index contributed by atoms with van der Waals surface area (Å²) in [5.41, 5.74) is 1.18. The second-order valence-electron chi connectivity index (χ2n) is 4.06. The van der Waals surface area contributed by atoms with E-state index in [0.717, 1.165) is 26.1 Å². The molecule has 0 aliphatic carbocycles. The first-order chi connectivity index (χ1) is 7.28. The van der Waals surface area contributed by atoms with E-state index < -0.39 is 0 Å². The molecule has 0 saturated carbocycles. The molecular formula is C11H15ClN2O. The molecule has 0 radical (unpaired) electrons. The Labute approximate surface area is 94.7 Å². The fourth-order valence-electron chi connectivity index (χ4n) is 1.96. The number of rotatable bonds is 3. The van der Waals surface area contributed by atoms with Crippen LogP contribution in [0.4, 0.5) is 0 Å². The van der Waals surface area contributed by atoms with Gasteiger partial charge >= 0.3 is 0 Å². The molecule has 4 heteroatoms. The minimum absolute atomic E-state index is 0.301. The lowest BCUT2D eigenvalue weighted by atomic mass is 10.1. The van der Waals surface area contributed by atoms with Crippen LogP contribution in [0.25, 0.3) is 0 Å². The summed E-state index contributed by atoms with van der Waals surface area (Å²) in [4.78, 5) is 6.39. The first kappa shape index (κ1) is 10.9. The minimum atomic E-state index is 0.301. The van der Waals surface area contributed by atoms with Crippen LogP contribution in [0.5, 0.6) is 0 Å². The number of likely N-dealkylation sites (tertiary alicyclic amines) is 1. The van der Waals surface area contributed by atoms with Gasteiger partial charge in [0.25, 0.3) is 0 Å². The quantitative estimate of drug-likeness (QED) is 0.795. The van der Waals surface area contributed by atoms with E-state index in [2.05, 4.69) is 9.88 Å². The molecule has 2 rings (SSSR count). The molecule has 0 amide bonds. The van der Waals surface area contributed by atoms with Crippen LogP contribution >= 0.6 is 11.6 Å². The molecule has 15 heavy (non-hydrogen) atoms. The Kier molecular flexibility index (Phi) is 3.57. The van der Waals surface area contributed by atoms with E-state index in [1.54, 1.807) is 0 Å². The second kappa shape index (κ2) is 4.92. The van der Waals surface area contributed by atoms with E-state index in [4.69, 9.17) is 16.7 Å². The lowest BCUT2D eigenvalue weighted by Crippen LogP contribution is -2.21. The summed E-state index contributed by atoms with van der Waals surface area (Å²) < 4.78 is 0. The molecule has 1 aromatic rings. The molecule has 0 unspecified atom stereocenters. The SMILES string of the molecule is OC[C@H]1CCN(Cc2ccc(Cl)nc2)C1. The fourth-order valence-corrected chi connectivity index (χ4v) is 2.08. The summed E-state index contributed by atoms with van der Waals surface area (Å²) in [6, 6.07) is 3.82. The molecule has 1 aliphatic heterocycles. The van der Waals surface area contributed by atoms with Gasteiger partial charge in [-0.25, -0.2) is 4.98 Å². The predicted octanol–water partition coefficient (Wildman–Crippen LogP) is 1.55. The maximum atomic E-state index is 9.03. The monoisotopic (exact) mass is 226 g/mol. The average Bonchev–Trinajstić information content (AvgIpc) is 2.69. The first-order valence-electron chi connectivity index (χ1n) is 5.21. The summed E-state index contributed by atoms with van der Waals surface area (Å²) in [6.45, 7) is 3.25. The minimum Gasteiger partial charge on any atom is -0.396 e. The van der Waals surface area contributed by atoms with Gasteiger partial charge in [0.2, 0.25) is 0 Å². The van der Waals surface area contributed by atoms with Gasteiger partial charge in [0.1, 0.15) is 5.15 Å². The lowest BCUT2D eigenvalue weighted by Gasteiger charge is -2.15. The van der Waals surface area contributed by atoms with Gasteiger partial charge in [-0.15, -0.1) is 0 Å². The summed E-state index contributed by atoms with van der Waals surface area (Å²) in [7, 11) is 0. The first-order valence-corrected chi connectivity index (χ1v) is 5.59. The molecule has 3 nitrogen and oxygen atoms in total. The van der Waals surface area contributed by atoms with Crippen LogP contribution < -0.4 is 0 Å². The van der Waals surface area contributed by atoms with E-state index in [9.17, 15) is 0 Å². The number of nitrogens with zero attached hydrogens (tertiary/aromatic N) is 2. The molecule has 1 aliphatic rings. The zero-order chi connectivity index (χ0) is 10.7. The summed E-state index contributed by atoms with van der Waals surface area (Å²) in [5.74, 6) is 0.449. The van der Waals surface area contributed by atoms with Gasteiger partial charge in [-0.2, -0.15) is 0 Å². The van der Waals surface area contributed by atoms with E-state index in [1.807, 2.05) is 18.3 Å². The van der Waals surface area contributed by atoms with Crippen molar-refractivity contribution in [3.63, 3.8) is 0 Å². The third-order valence-corrected chi connectivity index (χ3v) is 3.05. The Hall–Kier alpha value is -0.640. The number of aliphatic hydroxyl groups excluding tert-OH is 1. The number of pyridine rings is 1. The Balaban J connectivity index is 1.90. The van der Waals surface area contributed by atoms with Gasteiger partial charge in [-0.3, -0.25) is 4.90 Å². The molecule has 1 aromatic heterocycles. The predicted molar refractivity (Wildman–Crippen MR) is 59.7 cm³/mol. The largest absolute Gasteiger partial charge is 0.396 e. The van der Waals surface area contributed by atoms with Gasteiger partial charge in [-0.05, 0) is 30.5 Å². The number of hydrogen-bond acceptors (Lipinski definition) is 3.